The molecule has 0 fully saturated rings. The zero-order valence-electron chi connectivity index (χ0n) is 12.6. The number of nitrogens with one attached hydrogen (secondary N) is 1. The van der Waals surface area contributed by atoms with Gasteiger partial charge in [-0.05, 0) is 40.8 Å². The number of alkyl carbamates (subject to hydrolysis) is 1. The molecule has 112 valence electrons. The molecule has 1 amide bonds. The minimum Gasteiger partial charge on any atom is -0.469 e. The van der Waals surface area contributed by atoms with Gasteiger partial charge in [0.25, 0.3) is 0 Å². The molecule has 0 radical (unpaired) electrons. The molecule has 0 saturated carbocycles. The smallest absolute Gasteiger partial charge is 0.407 e. The summed E-state index contributed by atoms with van der Waals surface area (Å²) in [5.74, 6) is -0.194. The van der Waals surface area contributed by atoms with E-state index >= 15 is 0 Å². The molecule has 0 heterocycles. The van der Waals surface area contributed by atoms with E-state index in [1.165, 1.54) is 7.11 Å². The fourth-order valence-electron chi connectivity index (χ4n) is 1.37. The van der Waals surface area contributed by atoms with E-state index in [-0.39, 0.29) is 5.97 Å². The first-order chi connectivity index (χ1) is 8.74. The number of rotatable bonds is 7. The highest BCUT2D eigenvalue weighted by molar-refractivity contribution is 5.69. The Morgan fingerprint density at radius 2 is 1.84 bits per heavy atom. The molecule has 6 heteroatoms. The fourth-order valence-corrected chi connectivity index (χ4v) is 1.37. The maximum absolute atomic E-state index is 11.4. The number of carbonyl (C=O) groups excluding carboxylic acids is 2. The molecule has 6 nitrogen and oxygen atoms in total. The lowest BCUT2D eigenvalue weighted by Crippen LogP contribution is -2.37. The van der Waals surface area contributed by atoms with Crippen LogP contribution in [-0.2, 0) is 14.3 Å². The first-order valence-corrected chi connectivity index (χ1v) is 6.47. The van der Waals surface area contributed by atoms with Gasteiger partial charge in [-0.25, -0.2) is 4.79 Å². The summed E-state index contributed by atoms with van der Waals surface area (Å²) in [6.45, 7) is 7.48. The van der Waals surface area contributed by atoms with Gasteiger partial charge < -0.3 is 19.7 Å². The Hall–Kier alpha value is -1.30. The summed E-state index contributed by atoms with van der Waals surface area (Å²) < 4.78 is 9.68. The van der Waals surface area contributed by atoms with Gasteiger partial charge in [0, 0.05) is 19.5 Å². The third kappa shape index (κ3) is 11.5. The summed E-state index contributed by atoms with van der Waals surface area (Å²) in [6, 6.07) is 0. The van der Waals surface area contributed by atoms with Crippen LogP contribution in [0.2, 0.25) is 0 Å². The van der Waals surface area contributed by atoms with E-state index in [1.54, 1.807) is 0 Å². The molecule has 0 aromatic rings. The summed E-state index contributed by atoms with van der Waals surface area (Å²) in [5.41, 5.74) is -0.476. The lowest BCUT2D eigenvalue weighted by molar-refractivity contribution is -0.140. The first-order valence-electron chi connectivity index (χ1n) is 6.47. The lowest BCUT2D eigenvalue weighted by atomic mass is 10.2. The van der Waals surface area contributed by atoms with Crippen molar-refractivity contribution in [3.63, 3.8) is 0 Å². The van der Waals surface area contributed by atoms with Gasteiger partial charge in [0.15, 0.2) is 0 Å². The number of likely N-dealkylation sites (N-methyl/N-ethyl adjacent to an activating group) is 1. The van der Waals surface area contributed by atoms with Gasteiger partial charge in [-0.3, -0.25) is 4.79 Å². The Labute approximate surface area is 115 Å². The van der Waals surface area contributed by atoms with Gasteiger partial charge in [0.2, 0.25) is 0 Å². The van der Waals surface area contributed by atoms with Crippen LogP contribution in [0.1, 0.15) is 33.6 Å². The number of esters is 1. The topological polar surface area (TPSA) is 67.9 Å². The quantitative estimate of drug-likeness (QED) is 0.711. The van der Waals surface area contributed by atoms with Crippen LogP contribution in [0.25, 0.3) is 0 Å². The minimum absolute atomic E-state index is 0.194. The van der Waals surface area contributed by atoms with Gasteiger partial charge in [-0.1, -0.05) is 0 Å². The van der Waals surface area contributed by atoms with E-state index in [4.69, 9.17) is 4.74 Å². The Bertz CT molecular complexity index is 287. The third-order valence-corrected chi connectivity index (χ3v) is 2.31. The molecule has 0 aromatic heterocycles. The van der Waals surface area contributed by atoms with E-state index < -0.39 is 11.7 Å². The third-order valence-electron chi connectivity index (χ3n) is 2.31. The molecule has 0 aliphatic heterocycles. The van der Waals surface area contributed by atoms with Crippen LogP contribution in [0.5, 0.6) is 0 Å². The van der Waals surface area contributed by atoms with E-state index in [0.29, 0.717) is 19.5 Å². The van der Waals surface area contributed by atoms with E-state index in [0.717, 1.165) is 13.0 Å². The lowest BCUT2D eigenvalue weighted by Gasteiger charge is -2.21. The number of hydrogen-bond acceptors (Lipinski definition) is 5. The second kappa shape index (κ2) is 8.74. The Morgan fingerprint density at radius 1 is 1.21 bits per heavy atom. The van der Waals surface area contributed by atoms with Crippen molar-refractivity contribution in [3.05, 3.63) is 0 Å². The summed E-state index contributed by atoms with van der Waals surface area (Å²) in [7, 11) is 3.32. The zero-order valence-corrected chi connectivity index (χ0v) is 12.6. The first kappa shape index (κ1) is 17.7. The second-order valence-electron chi connectivity index (χ2n) is 5.41. The van der Waals surface area contributed by atoms with Crippen molar-refractivity contribution < 1.29 is 19.1 Å². The summed E-state index contributed by atoms with van der Waals surface area (Å²) in [5, 5.41) is 2.69. The van der Waals surface area contributed by atoms with Gasteiger partial charge in [0.1, 0.15) is 5.60 Å². The molecule has 0 saturated heterocycles. The molecule has 0 atom stereocenters. The average molecular weight is 274 g/mol. The molecular formula is C13H26N2O4. The molecule has 0 unspecified atom stereocenters. The zero-order chi connectivity index (χ0) is 14.9. The predicted molar refractivity (Wildman–Crippen MR) is 73.0 cm³/mol. The van der Waals surface area contributed by atoms with E-state index in [9.17, 15) is 9.59 Å². The molecule has 0 bridgehead atoms. The van der Waals surface area contributed by atoms with Gasteiger partial charge in [0.05, 0.1) is 7.11 Å². The van der Waals surface area contributed by atoms with Crippen LogP contribution in [-0.4, -0.2) is 56.4 Å². The average Bonchev–Trinajstić information content (AvgIpc) is 2.26. The number of hydrogen-bond donors (Lipinski definition) is 1. The van der Waals surface area contributed by atoms with Crippen LogP contribution in [0.3, 0.4) is 0 Å². The normalized spacial score (nSPS) is 11.3. The van der Waals surface area contributed by atoms with E-state index in [2.05, 4.69) is 10.1 Å². The summed E-state index contributed by atoms with van der Waals surface area (Å²) in [6.07, 6.45) is 0.756. The van der Waals surface area contributed by atoms with Crippen molar-refractivity contribution in [1.82, 2.24) is 10.2 Å². The number of amides is 1. The molecular weight excluding hydrogens is 248 g/mol. The Balaban J connectivity index is 3.60. The molecule has 19 heavy (non-hydrogen) atoms. The van der Waals surface area contributed by atoms with Crippen LogP contribution < -0.4 is 5.32 Å². The van der Waals surface area contributed by atoms with Crippen molar-refractivity contribution in [2.24, 2.45) is 0 Å². The van der Waals surface area contributed by atoms with Gasteiger partial charge in [-0.2, -0.15) is 0 Å². The standard InChI is InChI=1S/C13H26N2O4/c1-13(2,3)19-12(17)14-8-10-15(4)9-6-7-11(16)18-5/h6-10H2,1-5H3,(H,14,17). The maximum Gasteiger partial charge on any atom is 0.407 e. The number of ether oxygens (including phenoxy) is 2. The SMILES string of the molecule is COC(=O)CCCN(C)CCNC(=O)OC(C)(C)C. The van der Waals surface area contributed by atoms with Crippen LogP contribution in [0, 0.1) is 0 Å². The monoisotopic (exact) mass is 274 g/mol. The van der Waals surface area contributed by atoms with Gasteiger partial charge in [-0.15, -0.1) is 0 Å². The molecule has 0 rings (SSSR count). The second-order valence-corrected chi connectivity index (χ2v) is 5.41. The molecule has 0 aliphatic rings. The van der Waals surface area contributed by atoms with Gasteiger partial charge >= 0.3 is 12.1 Å². The van der Waals surface area contributed by atoms with Crippen molar-refractivity contribution in [3.8, 4) is 0 Å². The Morgan fingerprint density at radius 3 is 2.37 bits per heavy atom. The van der Waals surface area contributed by atoms with Crippen molar-refractivity contribution in [2.75, 3.05) is 33.8 Å². The number of carbonyl (C=O) groups is 2. The minimum atomic E-state index is -0.476. The molecule has 0 aromatic carbocycles. The van der Waals surface area contributed by atoms with Crippen LogP contribution in [0.4, 0.5) is 4.79 Å². The summed E-state index contributed by atoms with van der Waals surface area (Å²) in [4.78, 5) is 24.3. The maximum atomic E-state index is 11.4. The number of methoxy groups -OCH3 is 1. The summed E-state index contributed by atoms with van der Waals surface area (Å²) >= 11 is 0. The van der Waals surface area contributed by atoms with Crippen LogP contribution >= 0.6 is 0 Å². The molecule has 0 aliphatic carbocycles. The van der Waals surface area contributed by atoms with Crippen molar-refractivity contribution in [1.29, 1.82) is 0 Å². The highest BCUT2D eigenvalue weighted by Gasteiger charge is 2.15. The van der Waals surface area contributed by atoms with Crippen molar-refractivity contribution >= 4 is 12.1 Å². The largest absolute Gasteiger partial charge is 0.469 e. The predicted octanol–water partition coefficient (Wildman–Crippen LogP) is 1.40. The fraction of sp³-hybridized carbons (Fsp3) is 0.846. The van der Waals surface area contributed by atoms with Crippen molar-refractivity contribution in [2.45, 2.75) is 39.2 Å². The highest BCUT2D eigenvalue weighted by Crippen LogP contribution is 2.06. The van der Waals surface area contributed by atoms with E-state index in [1.807, 2.05) is 32.7 Å². The Kier molecular flexibility index (Phi) is 8.14. The molecule has 0 spiro atoms. The van der Waals surface area contributed by atoms with Crippen LogP contribution in [0.15, 0.2) is 0 Å². The number of nitrogens with zero attached hydrogens (tertiary/aromatic N) is 1. The highest BCUT2D eigenvalue weighted by atomic mass is 16.6. The molecule has 1 N–H and O–H groups in total.